The molecule has 0 fully saturated rings. The summed E-state index contributed by atoms with van der Waals surface area (Å²) in [4.78, 5) is 10.2. The normalized spacial score (nSPS) is 10.9. The van der Waals surface area contributed by atoms with Crippen molar-refractivity contribution in [2.45, 2.75) is 6.92 Å². The summed E-state index contributed by atoms with van der Waals surface area (Å²) in [7, 11) is 0. The van der Waals surface area contributed by atoms with Crippen LogP contribution in [0.4, 0.5) is 0 Å². The Labute approximate surface area is 53.6 Å². The number of carbonyl (C=O) groups is 1. The van der Waals surface area contributed by atoms with E-state index in [4.69, 9.17) is 5.21 Å². The van der Waals surface area contributed by atoms with Crippen LogP contribution in [-0.2, 0) is 4.79 Å². The first kappa shape index (κ1) is 7.91. The summed E-state index contributed by atoms with van der Waals surface area (Å²) in [6, 6.07) is 0. The molecular weight excluding hydrogens is 118 g/mol. The second-order valence-corrected chi connectivity index (χ2v) is 1.36. The second kappa shape index (κ2) is 5.05. The molecule has 0 bridgehead atoms. The Kier molecular flexibility index (Phi) is 4.44. The molecule has 0 saturated heterocycles. The van der Waals surface area contributed by atoms with Crippen LogP contribution in [0.3, 0.4) is 0 Å². The molecule has 0 aliphatic rings. The SMILES string of the molecule is C/C=C/C=C/C(=O)NO. The molecule has 3 heteroatoms. The Bertz CT molecular complexity index is 138. The quantitative estimate of drug-likeness (QED) is 0.247. The third-order valence-corrected chi connectivity index (χ3v) is 0.661. The fourth-order valence-electron chi connectivity index (χ4n) is 0.291. The second-order valence-electron chi connectivity index (χ2n) is 1.36. The molecule has 0 aromatic carbocycles. The summed E-state index contributed by atoms with van der Waals surface area (Å²) in [5, 5.41) is 7.96. The zero-order chi connectivity index (χ0) is 7.11. The number of hydrogen-bond donors (Lipinski definition) is 2. The molecule has 3 nitrogen and oxygen atoms in total. The maximum absolute atomic E-state index is 10.2. The van der Waals surface area contributed by atoms with E-state index >= 15 is 0 Å². The summed E-state index contributed by atoms with van der Waals surface area (Å²) in [6.45, 7) is 1.83. The van der Waals surface area contributed by atoms with Crippen LogP contribution in [0.25, 0.3) is 0 Å². The molecule has 0 radical (unpaired) electrons. The van der Waals surface area contributed by atoms with Gasteiger partial charge in [0.15, 0.2) is 0 Å². The van der Waals surface area contributed by atoms with E-state index in [-0.39, 0.29) is 0 Å². The van der Waals surface area contributed by atoms with Gasteiger partial charge in [-0.3, -0.25) is 10.0 Å². The van der Waals surface area contributed by atoms with Gasteiger partial charge < -0.3 is 0 Å². The van der Waals surface area contributed by atoms with Gasteiger partial charge in [0.05, 0.1) is 0 Å². The molecule has 0 aliphatic carbocycles. The molecule has 0 aromatic rings. The number of amides is 1. The van der Waals surface area contributed by atoms with Crippen molar-refractivity contribution in [1.82, 2.24) is 5.48 Å². The molecule has 0 atom stereocenters. The van der Waals surface area contributed by atoms with Crippen molar-refractivity contribution in [2.24, 2.45) is 0 Å². The Morgan fingerprint density at radius 3 is 2.67 bits per heavy atom. The minimum absolute atomic E-state index is 0.520. The van der Waals surface area contributed by atoms with E-state index in [0.29, 0.717) is 0 Å². The predicted molar refractivity (Wildman–Crippen MR) is 33.9 cm³/mol. The zero-order valence-corrected chi connectivity index (χ0v) is 5.16. The van der Waals surface area contributed by atoms with Crippen LogP contribution in [0.1, 0.15) is 6.92 Å². The highest BCUT2D eigenvalue weighted by molar-refractivity contribution is 5.86. The molecule has 0 aromatic heterocycles. The minimum atomic E-state index is -0.520. The van der Waals surface area contributed by atoms with Crippen molar-refractivity contribution < 1.29 is 10.0 Å². The van der Waals surface area contributed by atoms with Crippen LogP contribution in [0.15, 0.2) is 24.3 Å². The Morgan fingerprint density at radius 1 is 1.56 bits per heavy atom. The minimum Gasteiger partial charge on any atom is -0.288 e. The van der Waals surface area contributed by atoms with Crippen LogP contribution in [-0.4, -0.2) is 11.1 Å². The van der Waals surface area contributed by atoms with Crippen molar-refractivity contribution in [1.29, 1.82) is 0 Å². The molecule has 2 N–H and O–H groups in total. The third kappa shape index (κ3) is 4.77. The summed E-state index contributed by atoms with van der Waals surface area (Å²) < 4.78 is 0. The average molecular weight is 127 g/mol. The number of nitrogens with one attached hydrogen (secondary N) is 1. The van der Waals surface area contributed by atoms with E-state index in [1.54, 1.807) is 12.2 Å². The van der Waals surface area contributed by atoms with Crippen LogP contribution in [0.5, 0.6) is 0 Å². The number of allylic oxidation sites excluding steroid dienone is 3. The molecule has 0 spiro atoms. The van der Waals surface area contributed by atoms with Gasteiger partial charge in [0.25, 0.3) is 5.91 Å². The molecule has 1 amide bonds. The highest BCUT2D eigenvalue weighted by Gasteiger charge is 1.84. The topological polar surface area (TPSA) is 49.3 Å². The molecule has 0 heterocycles. The maximum Gasteiger partial charge on any atom is 0.267 e. The largest absolute Gasteiger partial charge is 0.288 e. The molecule has 0 unspecified atom stereocenters. The van der Waals surface area contributed by atoms with E-state index in [1.165, 1.54) is 17.6 Å². The van der Waals surface area contributed by atoms with E-state index in [2.05, 4.69) is 0 Å². The van der Waals surface area contributed by atoms with Gasteiger partial charge >= 0.3 is 0 Å². The molecule has 9 heavy (non-hydrogen) atoms. The number of hydroxylamine groups is 1. The van der Waals surface area contributed by atoms with Crippen molar-refractivity contribution in [3.05, 3.63) is 24.3 Å². The summed E-state index contributed by atoms with van der Waals surface area (Å²) in [5.74, 6) is -0.520. The standard InChI is InChI=1S/C6H9NO2/c1-2-3-4-5-6(8)7-9/h2-5,9H,1H3,(H,7,8)/b3-2+,5-4+. The van der Waals surface area contributed by atoms with Gasteiger partial charge in [0.1, 0.15) is 0 Å². The third-order valence-electron chi connectivity index (χ3n) is 0.661. The first-order valence-electron chi connectivity index (χ1n) is 2.54. The van der Waals surface area contributed by atoms with Crippen molar-refractivity contribution in [2.75, 3.05) is 0 Å². The summed E-state index contributed by atoms with van der Waals surface area (Å²) in [5.41, 5.74) is 1.46. The Hall–Kier alpha value is -1.09. The van der Waals surface area contributed by atoms with Gasteiger partial charge in [-0.15, -0.1) is 0 Å². The van der Waals surface area contributed by atoms with Gasteiger partial charge in [-0.25, -0.2) is 5.48 Å². The van der Waals surface area contributed by atoms with Crippen LogP contribution in [0, 0.1) is 0 Å². The van der Waals surface area contributed by atoms with Gasteiger partial charge in [0.2, 0.25) is 0 Å². The van der Waals surface area contributed by atoms with Gasteiger partial charge in [0, 0.05) is 6.08 Å². The lowest BCUT2D eigenvalue weighted by molar-refractivity contribution is -0.124. The first-order valence-corrected chi connectivity index (χ1v) is 2.54. The zero-order valence-electron chi connectivity index (χ0n) is 5.16. The highest BCUT2D eigenvalue weighted by Crippen LogP contribution is 1.74. The Morgan fingerprint density at radius 2 is 2.22 bits per heavy atom. The van der Waals surface area contributed by atoms with Crippen molar-refractivity contribution in [3.8, 4) is 0 Å². The van der Waals surface area contributed by atoms with Crippen LogP contribution >= 0.6 is 0 Å². The van der Waals surface area contributed by atoms with E-state index in [1.807, 2.05) is 6.92 Å². The Balaban J connectivity index is 3.57. The van der Waals surface area contributed by atoms with Crippen LogP contribution < -0.4 is 5.48 Å². The van der Waals surface area contributed by atoms with E-state index < -0.39 is 5.91 Å². The summed E-state index contributed by atoms with van der Waals surface area (Å²) >= 11 is 0. The molecule has 0 saturated carbocycles. The first-order chi connectivity index (χ1) is 4.31. The van der Waals surface area contributed by atoms with Gasteiger partial charge in [-0.2, -0.15) is 0 Å². The van der Waals surface area contributed by atoms with E-state index in [9.17, 15) is 4.79 Å². The van der Waals surface area contributed by atoms with Gasteiger partial charge in [-0.05, 0) is 6.92 Å². The van der Waals surface area contributed by atoms with Crippen LogP contribution in [0.2, 0.25) is 0 Å². The fraction of sp³-hybridized carbons (Fsp3) is 0.167. The monoisotopic (exact) mass is 127 g/mol. The predicted octanol–water partition coefficient (Wildman–Crippen LogP) is 0.624. The highest BCUT2D eigenvalue weighted by atomic mass is 16.5. The number of rotatable bonds is 2. The average Bonchev–Trinajstić information content (AvgIpc) is 1.89. The fourth-order valence-corrected chi connectivity index (χ4v) is 0.291. The van der Waals surface area contributed by atoms with E-state index in [0.717, 1.165) is 0 Å². The van der Waals surface area contributed by atoms with Crippen molar-refractivity contribution in [3.63, 3.8) is 0 Å². The lowest BCUT2D eigenvalue weighted by atomic mass is 10.4. The molecular formula is C6H9NO2. The lowest BCUT2D eigenvalue weighted by Gasteiger charge is -1.83. The van der Waals surface area contributed by atoms with Crippen molar-refractivity contribution >= 4 is 5.91 Å². The number of carbonyl (C=O) groups excluding carboxylic acids is 1. The number of hydrogen-bond acceptors (Lipinski definition) is 2. The summed E-state index contributed by atoms with van der Waals surface area (Å²) in [6.07, 6.45) is 6.22. The molecule has 0 aliphatic heterocycles. The smallest absolute Gasteiger partial charge is 0.267 e. The molecule has 0 rings (SSSR count). The molecule has 50 valence electrons. The van der Waals surface area contributed by atoms with Gasteiger partial charge in [-0.1, -0.05) is 18.2 Å². The lowest BCUT2D eigenvalue weighted by Crippen LogP contribution is -2.14. The maximum atomic E-state index is 10.2.